The zero-order chi connectivity index (χ0) is 11.4. The Bertz CT molecular complexity index is 107. The van der Waals surface area contributed by atoms with Gasteiger partial charge in [0.05, 0.1) is 0 Å². The number of unbranched alkanes of at least 4 members (excludes halogenated alkanes) is 7. The molecule has 0 bridgehead atoms. The minimum atomic E-state index is 0.725. The molecule has 91 valence electrons. The van der Waals surface area contributed by atoms with Crippen LogP contribution in [0.5, 0.6) is 0 Å². The van der Waals surface area contributed by atoms with Crippen LogP contribution in [-0.4, -0.2) is 0 Å². The maximum absolute atomic E-state index is 4.25. The van der Waals surface area contributed by atoms with Gasteiger partial charge in [-0.15, -0.1) is 0 Å². The Morgan fingerprint density at radius 1 is 0.667 bits per heavy atom. The van der Waals surface area contributed by atoms with Crippen molar-refractivity contribution >= 4 is 0 Å². The van der Waals surface area contributed by atoms with Crippen LogP contribution in [0.4, 0.5) is 0 Å². The minimum Gasteiger partial charge on any atom is -0.0654 e. The number of hydrogen-bond donors (Lipinski definition) is 0. The molecule has 0 nitrogen and oxygen atoms in total. The molecule has 0 heteroatoms. The second kappa shape index (κ2) is 12.1. The fraction of sp³-hybridized carbons (Fsp3) is 0.933. The van der Waals surface area contributed by atoms with Crippen molar-refractivity contribution in [3.05, 3.63) is 6.92 Å². The van der Waals surface area contributed by atoms with Gasteiger partial charge in [-0.25, -0.2) is 0 Å². The van der Waals surface area contributed by atoms with Gasteiger partial charge in [-0.3, -0.25) is 0 Å². The van der Waals surface area contributed by atoms with E-state index >= 15 is 0 Å². The fourth-order valence-corrected chi connectivity index (χ4v) is 2.04. The van der Waals surface area contributed by atoms with Crippen LogP contribution in [0.3, 0.4) is 0 Å². The van der Waals surface area contributed by atoms with Crippen molar-refractivity contribution in [1.29, 1.82) is 0 Å². The van der Waals surface area contributed by atoms with Crippen molar-refractivity contribution in [1.82, 2.24) is 0 Å². The molecule has 1 radical (unpaired) electrons. The molecule has 0 saturated heterocycles. The van der Waals surface area contributed by atoms with Gasteiger partial charge in [0.25, 0.3) is 0 Å². The first-order valence-corrected chi connectivity index (χ1v) is 7.14. The average molecular weight is 211 g/mol. The largest absolute Gasteiger partial charge is 0.0654 e. The average Bonchev–Trinajstić information content (AvgIpc) is 2.24. The van der Waals surface area contributed by atoms with Gasteiger partial charge in [0.1, 0.15) is 0 Å². The van der Waals surface area contributed by atoms with E-state index in [2.05, 4.69) is 20.8 Å². The van der Waals surface area contributed by atoms with E-state index in [1.54, 1.807) is 0 Å². The van der Waals surface area contributed by atoms with Gasteiger partial charge in [-0.2, -0.15) is 0 Å². The van der Waals surface area contributed by atoms with E-state index in [1.807, 2.05) is 0 Å². The lowest BCUT2D eigenvalue weighted by Crippen LogP contribution is -1.95. The molecule has 0 amide bonds. The molecular weight excluding hydrogens is 180 g/mol. The molecule has 0 saturated carbocycles. The summed E-state index contributed by atoms with van der Waals surface area (Å²) in [5, 5.41) is 0. The van der Waals surface area contributed by atoms with Crippen LogP contribution in [0.15, 0.2) is 0 Å². The van der Waals surface area contributed by atoms with Crippen molar-refractivity contribution in [2.75, 3.05) is 0 Å². The first-order valence-electron chi connectivity index (χ1n) is 7.14. The van der Waals surface area contributed by atoms with Crippen molar-refractivity contribution < 1.29 is 0 Å². The van der Waals surface area contributed by atoms with Crippen LogP contribution in [0.1, 0.15) is 84.5 Å². The summed E-state index contributed by atoms with van der Waals surface area (Å²) in [4.78, 5) is 0. The van der Waals surface area contributed by atoms with Crippen LogP contribution in [-0.2, 0) is 0 Å². The summed E-state index contributed by atoms with van der Waals surface area (Å²) >= 11 is 0. The van der Waals surface area contributed by atoms with E-state index in [0.717, 1.165) is 5.92 Å². The summed E-state index contributed by atoms with van der Waals surface area (Å²) in [5.74, 6) is 0.725. The van der Waals surface area contributed by atoms with Crippen molar-refractivity contribution in [2.45, 2.75) is 84.5 Å². The molecule has 0 aromatic rings. The molecule has 0 aliphatic heterocycles. The summed E-state index contributed by atoms with van der Waals surface area (Å²) in [7, 11) is 0. The molecule has 1 unspecified atom stereocenters. The van der Waals surface area contributed by atoms with E-state index in [0.29, 0.717) is 0 Å². The zero-order valence-electron chi connectivity index (χ0n) is 11.1. The molecule has 0 aromatic heterocycles. The Hall–Kier alpha value is 0. The van der Waals surface area contributed by atoms with Crippen LogP contribution in [0.2, 0.25) is 0 Å². The van der Waals surface area contributed by atoms with Crippen LogP contribution >= 0.6 is 0 Å². The predicted molar refractivity (Wildman–Crippen MR) is 71.0 cm³/mol. The number of rotatable bonds is 11. The third kappa shape index (κ3) is 11.9. The Morgan fingerprint density at radius 2 is 1.07 bits per heavy atom. The van der Waals surface area contributed by atoms with Crippen LogP contribution in [0, 0.1) is 12.8 Å². The molecule has 15 heavy (non-hydrogen) atoms. The highest BCUT2D eigenvalue weighted by Gasteiger charge is 2.01. The lowest BCUT2D eigenvalue weighted by Gasteiger charge is -2.10. The first kappa shape index (κ1) is 15.0. The summed E-state index contributed by atoms with van der Waals surface area (Å²) in [6.07, 6.45) is 15.3. The first-order chi connectivity index (χ1) is 7.31. The third-order valence-electron chi connectivity index (χ3n) is 3.18. The molecule has 0 heterocycles. The quantitative estimate of drug-likeness (QED) is 0.381. The molecule has 1 atom stereocenters. The van der Waals surface area contributed by atoms with Gasteiger partial charge >= 0.3 is 0 Å². The second-order valence-corrected chi connectivity index (χ2v) is 4.92. The smallest absolute Gasteiger partial charge is 0.0414 e. The van der Waals surface area contributed by atoms with Gasteiger partial charge in [0, 0.05) is 0 Å². The lowest BCUT2D eigenvalue weighted by atomic mass is 9.96. The van der Waals surface area contributed by atoms with Gasteiger partial charge < -0.3 is 0 Å². The molecular formula is C15H31. The summed E-state index contributed by atoms with van der Waals surface area (Å²) in [6.45, 7) is 8.80. The normalized spacial score (nSPS) is 13.0. The van der Waals surface area contributed by atoms with Crippen molar-refractivity contribution in [3.63, 3.8) is 0 Å². The van der Waals surface area contributed by atoms with E-state index in [1.165, 1.54) is 70.6 Å². The highest BCUT2D eigenvalue weighted by Crippen LogP contribution is 2.17. The predicted octanol–water partition coefficient (Wildman–Crippen LogP) is 5.77. The third-order valence-corrected chi connectivity index (χ3v) is 3.18. The van der Waals surface area contributed by atoms with E-state index in [9.17, 15) is 0 Å². The van der Waals surface area contributed by atoms with Gasteiger partial charge in [-0.05, 0) is 5.92 Å². The fourth-order valence-electron chi connectivity index (χ4n) is 2.04. The highest BCUT2D eigenvalue weighted by molar-refractivity contribution is 4.61. The Kier molecular flexibility index (Phi) is 12.1. The molecule has 0 aliphatic rings. The van der Waals surface area contributed by atoms with E-state index in [-0.39, 0.29) is 0 Å². The van der Waals surface area contributed by atoms with Gasteiger partial charge in [-0.1, -0.05) is 91.4 Å². The standard InChI is InChI=1S/C15H31/c1-4-6-8-10-12-14-15(3)13-11-9-7-5-2/h15H,3-14H2,1-2H3. The topological polar surface area (TPSA) is 0 Å². The van der Waals surface area contributed by atoms with E-state index < -0.39 is 0 Å². The molecule has 0 N–H and O–H groups in total. The summed E-state index contributed by atoms with van der Waals surface area (Å²) in [5.41, 5.74) is 0. The Labute approximate surface area is 97.8 Å². The molecule has 0 rings (SSSR count). The highest BCUT2D eigenvalue weighted by atomic mass is 14.1. The maximum Gasteiger partial charge on any atom is -0.0414 e. The monoisotopic (exact) mass is 211 g/mol. The molecule has 0 aromatic carbocycles. The number of hydrogen-bond acceptors (Lipinski definition) is 0. The van der Waals surface area contributed by atoms with Gasteiger partial charge in [0.15, 0.2) is 0 Å². The second-order valence-electron chi connectivity index (χ2n) is 4.92. The molecule has 0 spiro atoms. The summed E-state index contributed by atoms with van der Waals surface area (Å²) < 4.78 is 0. The van der Waals surface area contributed by atoms with Crippen molar-refractivity contribution in [3.8, 4) is 0 Å². The van der Waals surface area contributed by atoms with Gasteiger partial charge in [0.2, 0.25) is 0 Å². The van der Waals surface area contributed by atoms with Crippen LogP contribution in [0.25, 0.3) is 0 Å². The lowest BCUT2D eigenvalue weighted by molar-refractivity contribution is 0.468. The molecule has 0 fully saturated rings. The Balaban J connectivity index is 3.08. The zero-order valence-corrected chi connectivity index (χ0v) is 11.1. The maximum atomic E-state index is 4.25. The molecule has 0 aliphatic carbocycles. The Morgan fingerprint density at radius 3 is 1.53 bits per heavy atom. The van der Waals surface area contributed by atoms with E-state index in [4.69, 9.17) is 0 Å². The minimum absolute atomic E-state index is 0.725. The summed E-state index contributed by atoms with van der Waals surface area (Å²) in [6, 6.07) is 0. The van der Waals surface area contributed by atoms with Crippen molar-refractivity contribution in [2.24, 2.45) is 5.92 Å². The van der Waals surface area contributed by atoms with Crippen LogP contribution < -0.4 is 0 Å². The SMILES string of the molecule is [CH2]C(CCCCCC)CCCCCCC.